The van der Waals surface area contributed by atoms with Crippen LogP contribution in [-0.4, -0.2) is 27.0 Å². The first-order valence-electron chi connectivity index (χ1n) is 10.7. The van der Waals surface area contributed by atoms with Gasteiger partial charge in [0, 0.05) is 36.3 Å². The average Bonchev–Trinajstić information content (AvgIpc) is 2.82. The number of hydrogen-bond donors (Lipinski definition) is 3. The van der Waals surface area contributed by atoms with Gasteiger partial charge in [0.1, 0.15) is 5.82 Å². The van der Waals surface area contributed by atoms with Crippen LogP contribution in [-0.2, 0) is 16.0 Å². The smallest absolute Gasteiger partial charge is 0.272 e. The van der Waals surface area contributed by atoms with Crippen molar-refractivity contribution in [2.24, 2.45) is 0 Å². The van der Waals surface area contributed by atoms with Gasteiger partial charge in [-0.05, 0) is 54.3 Å². The molecule has 8 nitrogen and oxygen atoms in total. The lowest BCUT2D eigenvalue weighted by Crippen LogP contribution is -2.15. The van der Waals surface area contributed by atoms with E-state index in [1.54, 1.807) is 55.0 Å². The summed E-state index contributed by atoms with van der Waals surface area (Å²) in [5, 5.41) is 12.8. The highest BCUT2D eigenvalue weighted by Crippen LogP contribution is 2.22. The fraction of sp³-hybridized carbons (Fsp3) is 0.160. The molecule has 9 heteroatoms. The van der Waals surface area contributed by atoms with Crippen LogP contribution in [0, 0.1) is 5.82 Å². The van der Waals surface area contributed by atoms with E-state index in [0.29, 0.717) is 29.3 Å². The first-order valence-corrected chi connectivity index (χ1v) is 10.7. The number of carbonyl (C=O) groups is 2. The first kappa shape index (κ1) is 22.8. The van der Waals surface area contributed by atoms with Gasteiger partial charge in [0.05, 0.1) is 17.3 Å². The molecule has 172 valence electrons. The number of rotatable bonds is 8. The van der Waals surface area contributed by atoms with Crippen molar-refractivity contribution in [2.45, 2.75) is 25.7 Å². The van der Waals surface area contributed by atoms with Gasteiger partial charge in [-0.3, -0.25) is 19.4 Å². The maximum atomic E-state index is 14.3. The van der Waals surface area contributed by atoms with E-state index < -0.39 is 5.82 Å². The SMILES string of the molecule is O=C(CCCC(=O)Nc1cc(Cc2cccc3c(=O)[nH]ncc23)ccc1F)Nc1ccncc1. The first-order chi connectivity index (χ1) is 16.5. The maximum absolute atomic E-state index is 14.3. The van der Waals surface area contributed by atoms with Gasteiger partial charge in [-0.1, -0.05) is 18.2 Å². The number of fused-ring (bicyclic) bond motifs is 1. The Balaban J connectivity index is 1.36. The lowest BCUT2D eigenvalue weighted by Gasteiger charge is -2.10. The van der Waals surface area contributed by atoms with Crippen LogP contribution in [0.4, 0.5) is 15.8 Å². The molecule has 0 aliphatic rings. The molecule has 4 rings (SSSR count). The Morgan fingerprint density at radius 1 is 0.941 bits per heavy atom. The van der Waals surface area contributed by atoms with Gasteiger partial charge < -0.3 is 10.6 Å². The fourth-order valence-electron chi connectivity index (χ4n) is 3.61. The zero-order valence-corrected chi connectivity index (χ0v) is 18.2. The molecular weight excluding hydrogens is 437 g/mol. The molecule has 34 heavy (non-hydrogen) atoms. The molecule has 2 aromatic heterocycles. The van der Waals surface area contributed by atoms with Gasteiger partial charge in [-0.25, -0.2) is 9.49 Å². The Kier molecular flexibility index (Phi) is 7.02. The summed E-state index contributed by atoms with van der Waals surface area (Å²) < 4.78 is 14.3. The summed E-state index contributed by atoms with van der Waals surface area (Å²) in [5.41, 5.74) is 2.05. The second-order valence-corrected chi connectivity index (χ2v) is 7.75. The lowest BCUT2D eigenvalue weighted by atomic mass is 10.00. The highest BCUT2D eigenvalue weighted by atomic mass is 19.1. The number of halogens is 1. The van der Waals surface area contributed by atoms with E-state index in [1.807, 2.05) is 6.07 Å². The van der Waals surface area contributed by atoms with Crippen molar-refractivity contribution >= 4 is 34.0 Å². The number of aromatic nitrogens is 3. The number of pyridine rings is 1. The van der Waals surface area contributed by atoms with E-state index in [1.165, 1.54) is 6.07 Å². The fourth-order valence-corrected chi connectivity index (χ4v) is 3.61. The second-order valence-electron chi connectivity index (χ2n) is 7.75. The number of aromatic amines is 1. The molecule has 2 amide bonds. The summed E-state index contributed by atoms with van der Waals surface area (Å²) in [6.45, 7) is 0. The van der Waals surface area contributed by atoms with Crippen LogP contribution in [0.2, 0.25) is 0 Å². The van der Waals surface area contributed by atoms with E-state index in [4.69, 9.17) is 0 Å². The van der Waals surface area contributed by atoms with Gasteiger partial charge in [-0.15, -0.1) is 0 Å². The third-order valence-corrected chi connectivity index (χ3v) is 5.27. The minimum atomic E-state index is -0.552. The third kappa shape index (κ3) is 5.69. The van der Waals surface area contributed by atoms with Crippen molar-refractivity contribution in [3.8, 4) is 0 Å². The molecule has 0 saturated heterocycles. The van der Waals surface area contributed by atoms with Crippen molar-refractivity contribution in [1.29, 1.82) is 0 Å². The van der Waals surface area contributed by atoms with Gasteiger partial charge in [0.25, 0.3) is 5.56 Å². The summed E-state index contributed by atoms with van der Waals surface area (Å²) in [5.74, 6) is -1.15. The zero-order valence-electron chi connectivity index (χ0n) is 18.2. The molecule has 0 bridgehead atoms. The minimum absolute atomic E-state index is 0.0694. The molecular formula is C25H22FN5O3. The third-order valence-electron chi connectivity index (χ3n) is 5.27. The van der Waals surface area contributed by atoms with Crippen LogP contribution >= 0.6 is 0 Å². The number of anilines is 2. The van der Waals surface area contributed by atoms with E-state index in [2.05, 4.69) is 25.8 Å². The predicted octanol–water partition coefficient (Wildman–Crippen LogP) is 3.80. The van der Waals surface area contributed by atoms with Gasteiger partial charge in [0.15, 0.2) is 0 Å². The van der Waals surface area contributed by atoms with Crippen LogP contribution < -0.4 is 16.2 Å². The molecule has 0 aliphatic heterocycles. The average molecular weight is 459 g/mol. The van der Waals surface area contributed by atoms with E-state index >= 15 is 0 Å². The zero-order chi connectivity index (χ0) is 23.9. The van der Waals surface area contributed by atoms with Crippen LogP contribution in [0.3, 0.4) is 0 Å². The molecule has 4 aromatic rings. The molecule has 0 saturated carbocycles. The molecule has 0 unspecified atom stereocenters. The molecule has 2 heterocycles. The highest BCUT2D eigenvalue weighted by molar-refractivity contribution is 5.93. The Morgan fingerprint density at radius 3 is 2.50 bits per heavy atom. The van der Waals surface area contributed by atoms with E-state index in [9.17, 15) is 18.8 Å². The monoisotopic (exact) mass is 459 g/mol. The normalized spacial score (nSPS) is 10.7. The van der Waals surface area contributed by atoms with Gasteiger partial charge >= 0.3 is 0 Å². The van der Waals surface area contributed by atoms with Gasteiger partial charge in [0.2, 0.25) is 11.8 Å². The van der Waals surface area contributed by atoms with Crippen LogP contribution in [0.1, 0.15) is 30.4 Å². The number of carbonyl (C=O) groups excluding carboxylic acids is 2. The Bertz CT molecular complexity index is 1390. The maximum Gasteiger partial charge on any atom is 0.272 e. The van der Waals surface area contributed by atoms with Crippen molar-refractivity contribution in [3.05, 3.63) is 94.4 Å². The standard InChI is InChI=1S/C25H22FN5O3/c26-21-8-7-16(13-17-3-1-4-19-20(17)15-28-31-25(19)34)14-22(21)30-24(33)6-2-5-23(32)29-18-9-11-27-12-10-18/h1,3-4,7-12,14-15H,2,5-6,13H2,(H,30,33)(H,31,34)(H,27,29,32). The van der Waals surface area contributed by atoms with Crippen LogP contribution in [0.15, 0.2) is 71.9 Å². The summed E-state index contributed by atoms with van der Waals surface area (Å²) in [4.78, 5) is 40.2. The Labute approximate surface area is 194 Å². The number of H-pyrrole nitrogens is 1. The Hall–Kier alpha value is -4.40. The molecule has 2 aromatic carbocycles. The lowest BCUT2D eigenvalue weighted by molar-refractivity contribution is -0.117. The predicted molar refractivity (Wildman–Crippen MR) is 127 cm³/mol. The summed E-state index contributed by atoms with van der Waals surface area (Å²) >= 11 is 0. The number of amides is 2. The van der Waals surface area contributed by atoms with Crippen molar-refractivity contribution in [2.75, 3.05) is 10.6 Å². The summed E-state index contributed by atoms with van der Waals surface area (Å²) in [6.07, 6.45) is 5.72. The second kappa shape index (κ2) is 10.5. The number of hydrogen-bond acceptors (Lipinski definition) is 5. The van der Waals surface area contributed by atoms with Crippen molar-refractivity contribution in [3.63, 3.8) is 0 Å². The summed E-state index contributed by atoms with van der Waals surface area (Å²) in [6, 6.07) is 13.2. The van der Waals surface area contributed by atoms with Crippen LogP contribution in [0.25, 0.3) is 10.8 Å². The molecule has 0 aliphatic carbocycles. The molecule has 3 N–H and O–H groups in total. The number of nitrogens with zero attached hydrogens (tertiary/aromatic N) is 2. The molecule has 0 spiro atoms. The quantitative estimate of drug-likeness (QED) is 0.371. The number of nitrogens with one attached hydrogen (secondary N) is 3. The number of benzene rings is 2. The Morgan fingerprint density at radius 2 is 1.71 bits per heavy atom. The van der Waals surface area contributed by atoms with Crippen LogP contribution in [0.5, 0.6) is 0 Å². The molecule has 0 radical (unpaired) electrons. The summed E-state index contributed by atoms with van der Waals surface area (Å²) in [7, 11) is 0. The van der Waals surface area contributed by atoms with E-state index in [0.717, 1.165) is 11.1 Å². The highest BCUT2D eigenvalue weighted by Gasteiger charge is 2.11. The largest absolute Gasteiger partial charge is 0.326 e. The minimum Gasteiger partial charge on any atom is -0.326 e. The van der Waals surface area contributed by atoms with Crippen molar-refractivity contribution < 1.29 is 14.0 Å². The van der Waals surface area contributed by atoms with E-state index in [-0.39, 0.29) is 35.9 Å². The molecule has 0 atom stereocenters. The topological polar surface area (TPSA) is 117 Å². The van der Waals surface area contributed by atoms with Crippen molar-refractivity contribution in [1.82, 2.24) is 15.2 Å². The molecule has 0 fully saturated rings. The van der Waals surface area contributed by atoms with Gasteiger partial charge in [-0.2, -0.15) is 5.10 Å².